The van der Waals surface area contributed by atoms with E-state index in [9.17, 15) is 4.79 Å². The van der Waals surface area contributed by atoms with Gasteiger partial charge >= 0.3 is 0 Å². The van der Waals surface area contributed by atoms with Crippen molar-refractivity contribution in [1.29, 1.82) is 0 Å². The first kappa shape index (κ1) is 11.0. The highest BCUT2D eigenvalue weighted by Crippen LogP contribution is 2.29. The van der Waals surface area contributed by atoms with Crippen LogP contribution in [-0.2, 0) is 6.42 Å². The molecule has 0 aliphatic heterocycles. The van der Waals surface area contributed by atoms with Crippen LogP contribution in [0.15, 0.2) is 18.2 Å². The van der Waals surface area contributed by atoms with Gasteiger partial charge in [-0.3, -0.25) is 4.79 Å². The third-order valence-corrected chi connectivity index (χ3v) is 2.75. The lowest BCUT2D eigenvalue weighted by Crippen LogP contribution is -2.18. The minimum Gasteiger partial charge on any atom is -0.490 e. The number of carbonyl (C=O) groups excluding carboxylic acids is 1. The maximum atomic E-state index is 11.5. The third-order valence-electron chi connectivity index (χ3n) is 2.75. The van der Waals surface area contributed by atoms with Crippen LogP contribution in [-0.4, -0.2) is 19.1 Å². The molecule has 86 valence electrons. The van der Waals surface area contributed by atoms with Crippen LogP contribution < -0.4 is 10.1 Å². The summed E-state index contributed by atoms with van der Waals surface area (Å²) in [6.07, 6.45) is 3.59. The van der Waals surface area contributed by atoms with Gasteiger partial charge in [-0.25, -0.2) is 0 Å². The molecule has 3 nitrogen and oxygen atoms in total. The molecular weight excluding hydrogens is 202 g/mol. The van der Waals surface area contributed by atoms with Crippen molar-refractivity contribution in [2.75, 3.05) is 7.05 Å². The average Bonchev–Trinajstić information content (AvgIpc) is 3.12. The summed E-state index contributed by atoms with van der Waals surface area (Å²) in [5.74, 6) is 0.880. The van der Waals surface area contributed by atoms with E-state index >= 15 is 0 Å². The van der Waals surface area contributed by atoms with Crippen LogP contribution in [0, 0.1) is 0 Å². The standard InChI is InChI=1S/C13H17NO2/c1-3-9-8-10(13(15)14-2)4-7-12(9)16-11-5-6-11/h4,7-8,11H,3,5-6H2,1-2H3,(H,14,15). The molecule has 1 aromatic carbocycles. The molecule has 1 fully saturated rings. The van der Waals surface area contributed by atoms with E-state index in [0.717, 1.165) is 30.6 Å². The molecule has 0 spiro atoms. The van der Waals surface area contributed by atoms with Crippen molar-refractivity contribution in [3.05, 3.63) is 29.3 Å². The Hall–Kier alpha value is -1.51. The van der Waals surface area contributed by atoms with Crippen molar-refractivity contribution in [3.8, 4) is 5.75 Å². The van der Waals surface area contributed by atoms with Gasteiger partial charge in [0.2, 0.25) is 0 Å². The maximum Gasteiger partial charge on any atom is 0.251 e. The normalized spacial score (nSPS) is 14.6. The summed E-state index contributed by atoms with van der Waals surface area (Å²) in [4.78, 5) is 11.5. The Labute approximate surface area is 95.8 Å². The molecule has 1 aromatic rings. The lowest BCUT2D eigenvalue weighted by Gasteiger charge is -2.11. The van der Waals surface area contributed by atoms with Gasteiger partial charge in [-0.1, -0.05) is 6.92 Å². The summed E-state index contributed by atoms with van der Waals surface area (Å²) < 4.78 is 5.78. The summed E-state index contributed by atoms with van der Waals surface area (Å²) in [5.41, 5.74) is 1.80. The topological polar surface area (TPSA) is 38.3 Å². The summed E-state index contributed by atoms with van der Waals surface area (Å²) >= 11 is 0. The van der Waals surface area contributed by atoms with Crippen LogP contribution in [0.1, 0.15) is 35.7 Å². The van der Waals surface area contributed by atoms with Gasteiger partial charge in [0.05, 0.1) is 6.10 Å². The Morgan fingerprint density at radius 1 is 1.50 bits per heavy atom. The lowest BCUT2D eigenvalue weighted by molar-refractivity contribution is 0.0963. The molecule has 2 rings (SSSR count). The number of benzene rings is 1. The predicted octanol–water partition coefficient (Wildman–Crippen LogP) is 2.15. The van der Waals surface area contributed by atoms with E-state index in [0.29, 0.717) is 11.7 Å². The Balaban J connectivity index is 2.22. The molecular formula is C13H17NO2. The minimum absolute atomic E-state index is 0.0485. The van der Waals surface area contributed by atoms with Gasteiger partial charge in [-0.05, 0) is 43.0 Å². The molecule has 1 amide bonds. The zero-order valence-corrected chi connectivity index (χ0v) is 9.75. The van der Waals surface area contributed by atoms with Gasteiger partial charge in [-0.15, -0.1) is 0 Å². The van der Waals surface area contributed by atoms with Crippen LogP contribution in [0.3, 0.4) is 0 Å². The Kier molecular flexibility index (Phi) is 3.13. The van der Waals surface area contributed by atoms with Crippen LogP contribution in [0.2, 0.25) is 0 Å². The number of nitrogens with one attached hydrogen (secondary N) is 1. The first-order valence-electron chi connectivity index (χ1n) is 5.76. The van der Waals surface area contributed by atoms with E-state index < -0.39 is 0 Å². The van der Waals surface area contributed by atoms with E-state index in [-0.39, 0.29) is 5.91 Å². The quantitative estimate of drug-likeness (QED) is 0.842. The Morgan fingerprint density at radius 2 is 2.25 bits per heavy atom. The van der Waals surface area contributed by atoms with Crippen LogP contribution in [0.5, 0.6) is 5.75 Å². The summed E-state index contributed by atoms with van der Waals surface area (Å²) in [6.45, 7) is 2.07. The largest absolute Gasteiger partial charge is 0.490 e. The molecule has 0 bridgehead atoms. The maximum absolute atomic E-state index is 11.5. The van der Waals surface area contributed by atoms with Gasteiger partial charge in [0.15, 0.2) is 0 Å². The lowest BCUT2D eigenvalue weighted by atomic mass is 10.1. The number of hydrogen-bond acceptors (Lipinski definition) is 2. The molecule has 16 heavy (non-hydrogen) atoms. The van der Waals surface area contributed by atoms with Crippen molar-refractivity contribution in [2.45, 2.75) is 32.3 Å². The molecule has 0 unspecified atom stereocenters. The molecule has 0 aromatic heterocycles. The van der Waals surface area contributed by atoms with Gasteiger partial charge in [0.1, 0.15) is 5.75 Å². The molecule has 0 radical (unpaired) electrons. The van der Waals surface area contributed by atoms with Crippen LogP contribution in [0.25, 0.3) is 0 Å². The van der Waals surface area contributed by atoms with Gasteiger partial charge in [0, 0.05) is 12.6 Å². The number of carbonyl (C=O) groups is 1. The molecule has 3 heteroatoms. The molecule has 1 aliphatic rings. The first-order chi connectivity index (χ1) is 7.74. The van der Waals surface area contributed by atoms with Crippen molar-refractivity contribution >= 4 is 5.91 Å². The fourth-order valence-electron chi connectivity index (χ4n) is 1.62. The fraction of sp³-hybridized carbons (Fsp3) is 0.462. The summed E-state index contributed by atoms with van der Waals surface area (Å²) in [6, 6.07) is 5.63. The van der Waals surface area contributed by atoms with Gasteiger partial charge in [-0.2, -0.15) is 0 Å². The van der Waals surface area contributed by atoms with E-state index in [1.165, 1.54) is 0 Å². The van der Waals surface area contributed by atoms with Crippen molar-refractivity contribution in [1.82, 2.24) is 5.32 Å². The minimum atomic E-state index is -0.0485. The summed E-state index contributed by atoms with van der Waals surface area (Å²) in [7, 11) is 1.64. The SMILES string of the molecule is CCc1cc(C(=O)NC)ccc1OC1CC1. The van der Waals surface area contributed by atoms with Crippen molar-refractivity contribution in [2.24, 2.45) is 0 Å². The number of rotatable bonds is 4. The second-order valence-corrected chi connectivity index (χ2v) is 4.07. The number of hydrogen-bond donors (Lipinski definition) is 1. The van der Waals surface area contributed by atoms with E-state index in [4.69, 9.17) is 4.74 Å². The van der Waals surface area contributed by atoms with Crippen molar-refractivity contribution in [3.63, 3.8) is 0 Å². The summed E-state index contributed by atoms with van der Waals surface area (Å²) in [5, 5.41) is 2.63. The number of ether oxygens (including phenoxy) is 1. The van der Waals surface area contributed by atoms with Crippen LogP contribution in [0.4, 0.5) is 0 Å². The molecule has 0 saturated heterocycles. The average molecular weight is 219 g/mol. The van der Waals surface area contributed by atoms with Gasteiger partial charge in [0.25, 0.3) is 5.91 Å². The van der Waals surface area contributed by atoms with E-state index in [1.807, 2.05) is 18.2 Å². The van der Waals surface area contributed by atoms with Gasteiger partial charge < -0.3 is 10.1 Å². The van der Waals surface area contributed by atoms with E-state index in [1.54, 1.807) is 7.05 Å². The third kappa shape index (κ3) is 2.35. The first-order valence-corrected chi connectivity index (χ1v) is 5.76. The smallest absolute Gasteiger partial charge is 0.251 e. The monoisotopic (exact) mass is 219 g/mol. The van der Waals surface area contributed by atoms with E-state index in [2.05, 4.69) is 12.2 Å². The molecule has 0 heterocycles. The molecule has 0 atom stereocenters. The molecule has 1 N–H and O–H groups in total. The number of aryl methyl sites for hydroxylation is 1. The zero-order chi connectivity index (χ0) is 11.5. The molecule has 1 saturated carbocycles. The second-order valence-electron chi connectivity index (χ2n) is 4.07. The Bertz CT molecular complexity index is 397. The zero-order valence-electron chi connectivity index (χ0n) is 9.75. The Morgan fingerprint density at radius 3 is 2.81 bits per heavy atom. The highest BCUT2D eigenvalue weighted by molar-refractivity contribution is 5.94. The highest BCUT2D eigenvalue weighted by atomic mass is 16.5. The van der Waals surface area contributed by atoms with Crippen LogP contribution >= 0.6 is 0 Å². The predicted molar refractivity (Wildman–Crippen MR) is 62.9 cm³/mol. The second kappa shape index (κ2) is 4.56. The highest BCUT2D eigenvalue weighted by Gasteiger charge is 2.24. The fourth-order valence-corrected chi connectivity index (χ4v) is 1.62. The molecule has 1 aliphatic carbocycles. The van der Waals surface area contributed by atoms with Crippen molar-refractivity contribution < 1.29 is 9.53 Å². The number of amides is 1.